The van der Waals surface area contributed by atoms with Gasteiger partial charge in [-0.3, -0.25) is 9.69 Å². The van der Waals surface area contributed by atoms with Crippen LogP contribution < -0.4 is 4.90 Å². The lowest BCUT2D eigenvalue weighted by Gasteiger charge is -2.38. The number of nitrogens with zero attached hydrogens (tertiary/aromatic N) is 4. The fourth-order valence-corrected chi connectivity index (χ4v) is 4.97. The van der Waals surface area contributed by atoms with E-state index in [2.05, 4.69) is 16.0 Å². The van der Waals surface area contributed by atoms with Crippen molar-refractivity contribution < 1.29 is 14.3 Å². The number of nitrogens with one attached hydrogen (secondary N) is 1. The lowest BCUT2D eigenvalue weighted by Crippen LogP contribution is -2.49. The largest absolute Gasteiger partial charge is 0.480 e. The molecule has 1 aliphatic carbocycles. The minimum atomic E-state index is -0.937. The maximum absolute atomic E-state index is 13.6. The summed E-state index contributed by atoms with van der Waals surface area (Å²) in [6.45, 7) is 2.21. The number of aromatic amines is 1. The van der Waals surface area contributed by atoms with Crippen LogP contribution in [0.2, 0.25) is 0 Å². The van der Waals surface area contributed by atoms with Crippen LogP contribution in [0.5, 0.6) is 0 Å². The van der Waals surface area contributed by atoms with Gasteiger partial charge in [-0.1, -0.05) is 0 Å². The summed E-state index contributed by atoms with van der Waals surface area (Å²) in [5.74, 6) is -0.590. The van der Waals surface area contributed by atoms with Crippen LogP contribution in [-0.2, 0) is 17.6 Å². The van der Waals surface area contributed by atoms with Crippen LogP contribution in [-0.4, -0.2) is 52.1 Å². The minimum absolute atomic E-state index is 0.364. The van der Waals surface area contributed by atoms with Gasteiger partial charge in [0.25, 0.3) is 0 Å². The molecular weight excluding hydrogens is 409 g/mol. The van der Waals surface area contributed by atoms with E-state index in [1.165, 1.54) is 17.7 Å². The number of hydrogen-bond acceptors (Lipinski definition) is 5. The van der Waals surface area contributed by atoms with Crippen molar-refractivity contribution in [3.8, 4) is 6.07 Å². The molecule has 3 aromatic rings. The Kier molecular flexibility index (Phi) is 5.27. The van der Waals surface area contributed by atoms with Gasteiger partial charge in [0.1, 0.15) is 23.7 Å². The van der Waals surface area contributed by atoms with E-state index in [1.807, 2.05) is 11.0 Å². The molecule has 3 heterocycles. The maximum atomic E-state index is 13.6. The molecule has 5 rings (SSSR count). The normalized spacial score (nSPS) is 17.7. The molecule has 0 radical (unpaired) electrons. The summed E-state index contributed by atoms with van der Waals surface area (Å²) in [6, 6.07) is 7.79. The van der Waals surface area contributed by atoms with Crippen LogP contribution in [0.1, 0.15) is 41.3 Å². The summed E-state index contributed by atoms with van der Waals surface area (Å²) in [7, 11) is 0. The van der Waals surface area contributed by atoms with Gasteiger partial charge in [-0.25, -0.2) is 9.37 Å². The number of aliphatic carboxylic acids is 1. The number of nitriles is 1. The Morgan fingerprint density at radius 2 is 1.97 bits per heavy atom. The van der Waals surface area contributed by atoms with Gasteiger partial charge in [-0.05, 0) is 55.5 Å². The quantitative estimate of drug-likeness (QED) is 0.655. The zero-order valence-corrected chi connectivity index (χ0v) is 17.6. The Morgan fingerprint density at radius 1 is 1.19 bits per heavy atom. The highest BCUT2D eigenvalue weighted by Gasteiger charge is 2.33. The molecule has 164 valence electrons. The molecule has 2 aromatic heterocycles. The van der Waals surface area contributed by atoms with E-state index in [0.29, 0.717) is 54.0 Å². The molecule has 0 amide bonds. The number of aromatic nitrogens is 2. The lowest BCUT2D eigenvalue weighted by molar-refractivity contribution is -0.143. The molecule has 2 N–H and O–H groups in total. The summed E-state index contributed by atoms with van der Waals surface area (Å²) < 4.78 is 13.6. The molecule has 0 saturated carbocycles. The third-order valence-corrected chi connectivity index (χ3v) is 6.58. The molecule has 32 heavy (non-hydrogen) atoms. The van der Waals surface area contributed by atoms with Crippen molar-refractivity contribution in [2.45, 2.75) is 31.7 Å². The van der Waals surface area contributed by atoms with Crippen LogP contribution in [0.3, 0.4) is 0 Å². The number of carboxylic acid groups (broad SMARTS) is 1. The van der Waals surface area contributed by atoms with Crippen molar-refractivity contribution in [1.29, 1.82) is 5.26 Å². The van der Waals surface area contributed by atoms with Gasteiger partial charge in [0.15, 0.2) is 0 Å². The van der Waals surface area contributed by atoms with Crippen LogP contribution >= 0.6 is 0 Å². The highest BCUT2D eigenvalue weighted by atomic mass is 19.1. The molecule has 0 unspecified atom stereocenters. The molecule has 1 atom stereocenters. The highest BCUT2D eigenvalue weighted by Crippen LogP contribution is 2.32. The Labute approximate surface area is 185 Å². The van der Waals surface area contributed by atoms with E-state index < -0.39 is 12.0 Å². The Balaban J connectivity index is 1.38. The maximum Gasteiger partial charge on any atom is 0.325 e. The molecule has 1 aromatic carbocycles. The van der Waals surface area contributed by atoms with Gasteiger partial charge in [0, 0.05) is 54.5 Å². The molecule has 1 saturated heterocycles. The number of anilines is 1. The Morgan fingerprint density at radius 3 is 2.72 bits per heavy atom. The standard InChI is InChI=1S/C24H24FN5O2/c25-17-5-6-18-19(14-27-21(18)12-17)22(24(31)32)29-7-9-30(10-8-29)23-16(13-26)11-15-3-1-2-4-20(15)28-23/h5-6,11-12,14,22,27H,1-4,7-10H2,(H,31,32)/t22-/m0/s1. The molecule has 2 aliphatic rings. The van der Waals surface area contributed by atoms with Crippen LogP contribution in [0, 0.1) is 17.1 Å². The summed E-state index contributed by atoms with van der Waals surface area (Å²) in [6.07, 6.45) is 5.83. The van der Waals surface area contributed by atoms with E-state index in [4.69, 9.17) is 4.98 Å². The van der Waals surface area contributed by atoms with Gasteiger partial charge in [0.2, 0.25) is 0 Å². The number of rotatable bonds is 4. The molecular formula is C24H24FN5O2. The fraction of sp³-hybridized carbons (Fsp3) is 0.375. The predicted molar refractivity (Wildman–Crippen MR) is 118 cm³/mol. The second kappa shape index (κ2) is 8.24. The average Bonchev–Trinajstić information content (AvgIpc) is 3.21. The van der Waals surface area contributed by atoms with Crippen LogP contribution in [0.4, 0.5) is 10.2 Å². The summed E-state index contributed by atoms with van der Waals surface area (Å²) in [4.78, 5) is 24.1. The number of pyridine rings is 1. The minimum Gasteiger partial charge on any atom is -0.480 e. The number of halogens is 1. The van der Waals surface area contributed by atoms with E-state index in [0.717, 1.165) is 31.4 Å². The first kappa shape index (κ1) is 20.5. The monoisotopic (exact) mass is 433 g/mol. The first-order chi connectivity index (χ1) is 15.5. The van der Waals surface area contributed by atoms with Gasteiger partial charge >= 0.3 is 5.97 Å². The van der Waals surface area contributed by atoms with E-state index in [1.54, 1.807) is 12.3 Å². The van der Waals surface area contributed by atoms with Crippen molar-refractivity contribution in [3.05, 3.63) is 58.7 Å². The van der Waals surface area contributed by atoms with Gasteiger partial charge in [-0.2, -0.15) is 5.26 Å². The number of carbonyl (C=O) groups is 1. The molecule has 1 fully saturated rings. The number of fused-ring (bicyclic) bond motifs is 2. The SMILES string of the molecule is N#Cc1cc2c(nc1N1CCN([C@H](C(=O)O)c3c[nH]c4cc(F)ccc34)CC1)CCCC2. The van der Waals surface area contributed by atoms with E-state index >= 15 is 0 Å². The van der Waals surface area contributed by atoms with Gasteiger partial charge in [-0.15, -0.1) is 0 Å². The van der Waals surface area contributed by atoms with Crippen LogP contribution in [0.25, 0.3) is 10.9 Å². The smallest absolute Gasteiger partial charge is 0.325 e. The zero-order valence-electron chi connectivity index (χ0n) is 17.6. The molecule has 7 nitrogen and oxygen atoms in total. The highest BCUT2D eigenvalue weighted by molar-refractivity contribution is 5.89. The summed E-state index contributed by atoms with van der Waals surface area (Å²) >= 11 is 0. The van der Waals surface area contributed by atoms with Crippen molar-refractivity contribution >= 4 is 22.7 Å². The van der Waals surface area contributed by atoms with Crippen LogP contribution in [0.15, 0.2) is 30.5 Å². The third-order valence-electron chi connectivity index (χ3n) is 6.58. The second-order valence-corrected chi connectivity index (χ2v) is 8.48. The van der Waals surface area contributed by atoms with Crippen molar-refractivity contribution in [3.63, 3.8) is 0 Å². The lowest BCUT2D eigenvalue weighted by atomic mass is 9.94. The number of H-pyrrole nitrogens is 1. The first-order valence-corrected chi connectivity index (χ1v) is 11.0. The third kappa shape index (κ3) is 3.59. The Bertz CT molecular complexity index is 1220. The average molecular weight is 433 g/mol. The van der Waals surface area contributed by atoms with Gasteiger partial charge < -0.3 is 15.0 Å². The van der Waals surface area contributed by atoms with Crippen molar-refractivity contribution in [1.82, 2.24) is 14.9 Å². The number of hydrogen-bond donors (Lipinski definition) is 2. The summed E-state index contributed by atoms with van der Waals surface area (Å²) in [5, 5.41) is 20.4. The van der Waals surface area contributed by atoms with Crippen molar-refractivity contribution in [2.75, 3.05) is 31.1 Å². The number of piperazine rings is 1. The van der Waals surface area contributed by atoms with E-state index in [9.17, 15) is 19.6 Å². The molecule has 8 heteroatoms. The number of aryl methyl sites for hydroxylation is 2. The fourth-order valence-electron chi connectivity index (χ4n) is 4.97. The predicted octanol–water partition coefficient (Wildman–Crippen LogP) is 3.40. The summed E-state index contributed by atoms with van der Waals surface area (Å²) in [5.41, 5.74) is 4.07. The topological polar surface area (TPSA) is 96.2 Å². The molecule has 0 spiro atoms. The van der Waals surface area contributed by atoms with Gasteiger partial charge in [0.05, 0.1) is 5.56 Å². The first-order valence-electron chi connectivity index (χ1n) is 11.0. The number of benzene rings is 1. The van der Waals surface area contributed by atoms with Crippen molar-refractivity contribution in [2.24, 2.45) is 0 Å². The Hall–Kier alpha value is -3.44. The van der Waals surface area contributed by atoms with E-state index in [-0.39, 0.29) is 5.82 Å². The molecule has 0 bridgehead atoms. The second-order valence-electron chi connectivity index (χ2n) is 8.48. The molecule has 1 aliphatic heterocycles. The number of carboxylic acids is 1. The zero-order chi connectivity index (χ0) is 22.2.